The first kappa shape index (κ1) is 23.8. The van der Waals surface area contributed by atoms with E-state index < -0.39 is 23.5 Å². The Hall–Kier alpha value is -3.36. The van der Waals surface area contributed by atoms with Crippen LogP contribution in [0.1, 0.15) is 17.2 Å². The molecule has 1 N–H and O–H groups in total. The predicted molar refractivity (Wildman–Crippen MR) is 130 cm³/mol. The van der Waals surface area contributed by atoms with Crippen LogP contribution in [0.4, 0.5) is 10.1 Å². The highest BCUT2D eigenvalue weighted by atomic mass is 79.9. The molecular formula is C25H18BrClFNO5. The van der Waals surface area contributed by atoms with Crippen molar-refractivity contribution in [1.29, 1.82) is 0 Å². The minimum absolute atomic E-state index is 0.129. The monoisotopic (exact) mass is 545 g/mol. The van der Waals surface area contributed by atoms with E-state index in [1.807, 2.05) is 0 Å². The molecule has 1 amide bonds. The number of hydrogen-bond donors (Lipinski definition) is 1. The molecular weight excluding hydrogens is 529 g/mol. The third kappa shape index (κ3) is 4.15. The number of carbonyl (C=O) groups excluding carboxylic acids is 2. The van der Waals surface area contributed by atoms with Crippen molar-refractivity contribution in [2.24, 2.45) is 0 Å². The Bertz CT molecular complexity index is 1340. The molecule has 1 fully saturated rings. The molecule has 0 aliphatic carbocycles. The molecule has 1 saturated heterocycles. The van der Waals surface area contributed by atoms with E-state index in [1.165, 1.54) is 31.3 Å². The van der Waals surface area contributed by atoms with E-state index in [-0.39, 0.29) is 22.0 Å². The number of nitrogens with zero attached hydrogens (tertiary/aromatic N) is 1. The summed E-state index contributed by atoms with van der Waals surface area (Å²) in [7, 11) is 2.99. The van der Waals surface area contributed by atoms with Gasteiger partial charge in [-0.05, 0) is 70.0 Å². The summed E-state index contributed by atoms with van der Waals surface area (Å²) in [5.74, 6) is -1.79. The number of anilines is 1. The molecule has 0 bridgehead atoms. The minimum atomic E-state index is -1.02. The molecule has 1 aliphatic heterocycles. The Labute approximate surface area is 208 Å². The van der Waals surface area contributed by atoms with Crippen LogP contribution in [-0.4, -0.2) is 31.0 Å². The highest BCUT2D eigenvalue weighted by Crippen LogP contribution is 2.44. The SMILES string of the molecule is COc1cccc(C2/C(=C(\O)c3ccc(OC)c(Br)c3)C(=O)C(=O)N2c2ccc(F)c(Cl)c2)c1. The van der Waals surface area contributed by atoms with Gasteiger partial charge in [0.25, 0.3) is 11.7 Å². The zero-order valence-electron chi connectivity index (χ0n) is 18.0. The van der Waals surface area contributed by atoms with Gasteiger partial charge in [0.2, 0.25) is 0 Å². The van der Waals surface area contributed by atoms with Gasteiger partial charge in [0.05, 0.1) is 35.3 Å². The lowest BCUT2D eigenvalue weighted by Gasteiger charge is -2.26. The number of benzene rings is 3. The van der Waals surface area contributed by atoms with Crippen molar-refractivity contribution in [3.8, 4) is 11.5 Å². The zero-order valence-corrected chi connectivity index (χ0v) is 20.4. The number of ether oxygens (including phenoxy) is 2. The normalized spacial score (nSPS) is 17.2. The Morgan fingerprint density at radius 1 is 1.06 bits per heavy atom. The number of aliphatic hydroxyl groups is 1. The summed E-state index contributed by atoms with van der Waals surface area (Å²) in [4.78, 5) is 27.6. The quantitative estimate of drug-likeness (QED) is 0.246. The number of halogens is 3. The van der Waals surface area contributed by atoms with Crippen LogP contribution in [0.5, 0.6) is 11.5 Å². The lowest BCUT2D eigenvalue weighted by molar-refractivity contribution is -0.132. The number of carbonyl (C=O) groups is 2. The summed E-state index contributed by atoms with van der Waals surface area (Å²) < 4.78 is 24.9. The van der Waals surface area contributed by atoms with Gasteiger partial charge in [0.15, 0.2) is 0 Å². The number of hydrogen-bond acceptors (Lipinski definition) is 5. The van der Waals surface area contributed by atoms with Gasteiger partial charge in [-0.2, -0.15) is 0 Å². The lowest BCUT2D eigenvalue weighted by Crippen LogP contribution is -2.29. The number of ketones is 1. The molecule has 0 spiro atoms. The fourth-order valence-electron chi connectivity index (χ4n) is 3.83. The van der Waals surface area contributed by atoms with Crippen LogP contribution in [-0.2, 0) is 9.59 Å². The third-order valence-corrected chi connectivity index (χ3v) is 6.37. The molecule has 0 radical (unpaired) electrons. The summed E-state index contributed by atoms with van der Waals surface area (Å²) in [6.07, 6.45) is 0. The second-order valence-electron chi connectivity index (χ2n) is 7.39. The molecule has 1 aliphatic rings. The van der Waals surface area contributed by atoms with Crippen LogP contribution < -0.4 is 14.4 Å². The standard InChI is InChI=1S/C25H18BrClFNO5/c1-33-16-5-3-4-13(10-16)22-21(23(30)14-6-9-20(34-2)17(26)11-14)24(31)25(32)29(22)15-7-8-19(28)18(27)12-15/h3-12,22,30H,1-2H3/b23-21+. The second kappa shape index (κ2) is 9.48. The van der Waals surface area contributed by atoms with Crippen molar-refractivity contribution >= 4 is 50.7 Å². The fraction of sp³-hybridized carbons (Fsp3) is 0.120. The molecule has 9 heteroatoms. The summed E-state index contributed by atoms with van der Waals surface area (Å²) in [5, 5.41) is 11.0. The van der Waals surface area contributed by atoms with Crippen LogP contribution in [0, 0.1) is 5.82 Å². The topological polar surface area (TPSA) is 76.1 Å². The van der Waals surface area contributed by atoms with E-state index in [9.17, 15) is 19.1 Å². The summed E-state index contributed by atoms with van der Waals surface area (Å²) in [5.41, 5.74) is 0.885. The van der Waals surface area contributed by atoms with Gasteiger partial charge in [-0.3, -0.25) is 14.5 Å². The minimum Gasteiger partial charge on any atom is -0.507 e. The van der Waals surface area contributed by atoms with Gasteiger partial charge in [-0.1, -0.05) is 23.7 Å². The van der Waals surface area contributed by atoms with Crippen molar-refractivity contribution in [2.45, 2.75) is 6.04 Å². The van der Waals surface area contributed by atoms with Crippen molar-refractivity contribution in [2.75, 3.05) is 19.1 Å². The first-order valence-electron chi connectivity index (χ1n) is 10.0. The van der Waals surface area contributed by atoms with Crippen LogP contribution in [0.2, 0.25) is 5.02 Å². The predicted octanol–water partition coefficient (Wildman–Crippen LogP) is 5.89. The lowest BCUT2D eigenvalue weighted by atomic mass is 9.95. The Kier molecular flexibility index (Phi) is 6.63. The van der Waals surface area contributed by atoms with Gasteiger partial charge in [-0.25, -0.2) is 4.39 Å². The molecule has 1 unspecified atom stereocenters. The van der Waals surface area contributed by atoms with Crippen molar-refractivity contribution in [3.63, 3.8) is 0 Å². The number of rotatable bonds is 5. The average molecular weight is 547 g/mol. The maximum Gasteiger partial charge on any atom is 0.300 e. The van der Waals surface area contributed by atoms with Gasteiger partial charge in [0.1, 0.15) is 23.1 Å². The van der Waals surface area contributed by atoms with E-state index >= 15 is 0 Å². The molecule has 3 aromatic rings. The second-order valence-corrected chi connectivity index (χ2v) is 8.65. The highest BCUT2D eigenvalue weighted by molar-refractivity contribution is 9.10. The molecule has 0 saturated carbocycles. The number of aliphatic hydroxyl groups excluding tert-OH is 1. The fourth-order valence-corrected chi connectivity index (χ4v) is 4.55. The largest absolute Gasteiger partial charge is 0.507 e. The van der Waals surface area contributed by atoms with E-state index in [0.29, 0.717) is 27.1 Å². The maximum absolute atomic E-state index is 13.8. The van der Waals surface area contributed by atoms with E-state index in [2.05, 4.69) is 15.9 Å². The van der Waals surface area contributed by atoms with Crippen molar-refractivity contribution in [1.82, 2.24) is 0 Å². The maximum atomic E-state index is 13.8. The molecule has 1 heterocycles. The number of methoxy groups -OCH3 is 2. The highest BCUT2D eigenvalue weighted by Gasteiger charge is 2.47. The van der Waals surface area contributed by atoms with Crippen molar-refractivity contribution < 1.29 is 28.6 Å². The molecule has 6 nitrogen and oxygen atoms in total. The van der Waals surface area contributed by atoms with Gasteiger partial charge >= 0.3 is 0 Å². The zero-order chi connectivity index (χ0) is 24.6. The Balaban J connectivity index is 1.96. The molecule has 1 atom stereocenters. The van der Waals surface area contributed by atoms with Gasteiger partial charge in [0, 0.05) is 11.3 Å². The van der Waals surface area contributed by atoms with E-state index in [1.54, 1.807) is 42.5 Å². The van der Waals surface area contributed by atoms with Gasteiger partial charge < -0.3 is 14.6 Å². The van der Waals surface area contributed by atoms with Crippen LogP contribution in [0.3, 0.4) is 0 Å². The van der Waals surface area contributed by atoms with Crippen molar-refractivity contribution in [3.05, 3.63) is 92.7 Å². The Morgan fingerprint density at radius 2 is 1.82 bits per heavy atom. The summed E-state index contributed by atoms with van der Waals surface area (Å²) in [6.45, 7) is 0. The summed E-state index contributed by atoms with van der Waals surface area (Å²) in [6, 6.07) is 14.3. The van der Waals surface area contributed by atoms with Gasteiger partial charge in [-0.15, -0.1) is 0 Å². The van der Waals surface area contributed by atoms with E-state index in [4.69, 9.17) is 21.1 Å². The molecule has 174 valence electrons. The average Bonchev–Trinajstić information content (AvgIpc) is 3.10. The molecule has 34 heavy (non-hydrogen) atoms. The first-order chi connectivity index (χ1) is 16.3. The Morgan fingerprint density at radius 3 is 2.47 bits per heavy atom. The number of amides is 1. The summed E-state index contributed by atoms with van der Waals surface area (Å²) >= 11 is 9.33. The van der Waals surface area contributed by atoms with Crippen LogP contribution in [0.25, 0.3) is 5.76 Å². The van der Waals surface area contributed by atoms with Crippen LogP contribution >= 0.6 is 27.5 Å². The number of Topliss-reactive ketones (excluding diaryl/α,β-unsaturated/α-hetero) is 1. The third-order valence-electron chi connectivity index (χ3n) is 5.46. The first-order valence-corrected chi connectivity index (χ1v) is 11.2. The smallest absolute Gasteiger partial charge is 0.300 e. The van der Waals surface area contributed by atoms with Crippen LogP contribution in [0.15, 0.2) is 70.7 Å². The van der Waals surface area contributed by atoms with E-state index in [0.717, 1.165) is 6.07 Å². The molecule has 4 rings (SSSR count). The molecule has 0 aromatic heterocycles. The molecule has 3 aromatic carbocycles.